The molecular formula is C10H16N2O. The second-order valence-electron chi connectivity index (χ2n) is 3.41. The normalized spacial score (nSPS) is 22.2. The van der Waals surface area contributed by atoms with Crippen molar-refractivity contribution in [3.63, 3.8) is 0 Å². The Morgan fingerprint density at radius 2 is 2.46 bits per heavy atom. The molecule has 1 aliphatic rings. The third kappa shape index (κ3) is 2.53. The quantitative estimate of drug-likeness (QED) is 0.655. The number of nitrogens with zero attached hydrogens (tertiary/aromatic N) is 2. The van der Waals surface area contributed by atoms with E-state index in [9.17, 15) is 4.79 Å². The van der Waals surface area contributed by atoms with Gasteiger partial charge >= 0.3 is 0 Å². The summed E-state index contributed by atoms with van der Waals surface area (Å²) in [6, 6.07) is 2.23. The number of hydrogen-bond donors (Lipinski definition) is 0. The first-order chi connectivity index (χ1) is 6.29. The molecule has 1 atom stereocenters. The van der Waals surface area contributed by atoms with Crippen LogP contribution in [0.5, 0.6) is 0 Å². The molecule has 0 amide bonds. The van der Waals surface area contributed by atoms with E-state index in [0.717, 1.165) is 32.4 Å². The molecule has 0 heterocycles. The second-order valence-corrected chi connectivity index (χ2v) is 3.41. The Balaban J connectivity index is 2.45. The fourth-order valence-electron chi connectivity index (χ4n) is 1.91. The van der Waals surface area contributed by atoms with Crippen LogP contribution in [-0.2, 0) is 4.79 Å². The van der Waals surface area contributed by atoms with Crippen molar-refractivity contribution in [2.75, 3.05) is 13.1 Å². The van der Waals surface area contributed by atoms with E-state index in [1.807, 2.05) is 6.92 Å². The molecule has 0 aromatic carbocycles. The van der Waals surface area contributed by atoms with Crippen LogP contribution >= 0.6 is 0 Å². The summed E-state index contributed by atoms with van der Waals surface area (Å²) in [5, 5.41) is 8.46. The lowest BCUT2D eigenvalue weighted by Crippen LogP contribution is -2.38. The van der Waals surface area contributed by atoms with E-state index >= 15 is 0 Å². The van der Waals surface area contributed by atoms with Gasteiger partial charge in [0.1, 0.15) is 5.78 Å². The van der Waals surface area contributed by atoms with Crippen molar-refractivity contribution in [3.8, 4) is 6.07 Å². The maximum atomic E-state index is 11.4. The van der Waals surface area contributed by atoms with Gasteiger partial charge in [-0.1, -0.05) is 6.92 Å². The standard InChI is InChI=1S/C10H16N2O/c1-2-12(8-4-7-11)9-5-3-6-10(9)13/h9H,2-6,8H2,1H3. The van der Waals surface area contributed by atoms with Crippen LogP contribution in [0.1, 0.15) is 32.6 Å². The zero-order valence-electron chi connectivity index (χ0n) is 8.12. The van der Waals surface area contributed by atoms with E-state index in [-0.39, 0.29) is 6.04 Å². The van der Waals surface area contributed by atoms with Crippen LogP contribution in [0.25, 0.3) is 0 Å². The first kappa shape index (κ1) is 10.2. The fourth-order valence-corrected chi connectivity index (χ4v) is 1.91. The zero-order valence-corrected chi connectivity index (χ0v) is 8.12. The Labute approximate surface area is 79.3 Å². The predicted octanol–water partition coefficient (Wildman–Crippen LogP) is 1.34. The highest BCUT2D eigenvalue weighted by molar-refractivity contribution is 5.85. The predicted molar refractivity (Wildman–Crippen MR) is 50.1 cm³/mol. The van der Waals surface area contributed by atoms with Gasteiger partial charge in [0, 0.05) is 19.4 Å². The average Bonchev–Trinajstić information content (AvgIpc) is 2.54. The van der Waals surface area contributed by atoms with E-state index in [1.165, 1.54) is 0 Å². The summed E-state index contributed by atoms with van der Waals surface area (Å²) >= 11 is 0. The summed E-state index contributed by atoms with van der Waals surface area (Å²) in [6.07, 6.45) is 3.26. The molecule has 3 heteroatoms. The Bertz CT molecular complexity index is 219. The van der Waals surface area contributed by atoms with Gasteiger partial charge < -0.3 is 0 Å². The smallest absolute Gasteiger partial charge is 0.149 e. The molecule has 1 aliphatic carbocycles. The molecule has 13 heavy (non-hydrogen) atoms. The number of rotatable bonds is 4. The van der Waals surface area contributed by atoms with E-state index in [4.69, 9.17) is 5.26 Å². The highest BCUT2D eigenvalue weighted by atomic mass is 16.1. The molecule has 0 saturated heterocycles. The fraction of sp³-hybridized carbons (Fsp3) is 0.800. The number of likely N-dealkylation sites (N-methyl/N-ethyl adjacent to an activating group) is 1. The van der Waals surface area contributed by atoms with Crippen LogP contribution in [0, 0.1) is 11.3 Å². The molecule has 0 aromatic heterocycles. The van der Waals surface area contributed by atoms with Crippen molar-refractivity contribution in [1.82, 2.24) is 4.90 Å². The maximum Gasteiger partial charge on any atom is 0.149 e. The van der Waals surface area contributed by atoms with Crippen molar-refractivity contribution >= 4 is 5.78 Å². The number of Topliss-reactive ketones (excluding diaryl/α,β-unsaturated/α-hetero) is 1. The van der Waals surface area contributed by atoms with Crippen molar-refractivity contribution in [2.45, 2.75) is 38.6 Å². The van der Waals surface area contributed by atoms with Gasteiger partial charge in [-0.05, 0) is 19.4 Å². The van der Waals surface area contributed by atoms with Crippen molar-refractivity contribution in [2.24, 2.45) is 0 Å². The Morgan fingerprint density at radius 3 is 2.92 bits per heavy atom. The number of carbonyl (C=O) groups is 1. The second kappa shape index (κ2) is 4.98. The molecule has 1 rings (SSSR count). The minimum Gasteiger partial charge on any atom is -0.298 e. The van der Waals surface area contributed by atoms with Crippen molar-refractivity contribution in [1.29, 1.82) is 5.26 Å². The highest BCUT2D eigenvalue weighted by Gasteiger charge is 2.28. The van der Waals surface area contributed by atoms with Crippen LogP contribution in [-0.4, -0.2) is 29.8 Å². The van der Waals surface area contributed by atoms with Crippen LogP contribution in [0.2, 0.25) is 0 Å². The van der Waals surface area contributed by atoms with Gasteiger partial charge in [-0.2, -0.15) is 5.26 Å². The van der Waals surface area contributed by atoms with E-state index in [1.54, 1.807) is 0 Å². The molecule has 1 fully saturated rings. The molecule has 1 unspecified atom stereocenters. The average molecular weight is 180 g/mol. The van der Waals surface area contributed by atoms with Crippen molar-refractivity contribution in [3.05, 3.63) is 0 Å². The van der Waals surface area contributed by atoms with Crippen LogP contribution in [0.15, 0.2) is 0 Å². The maximum absolute atomic E-state index is 11.4. The van der Waals surface area contributed by atoms with E-state index < -0.39 is 0 Å². The number of hydrogen-bond acceptors (Lipinski definition) is 3. The van der Waals surface area contributed by atoms with Gasteiger partial charge in [0.25, 0.3) is 0 Å². The summed E-state index contributed by atoms with van der Waals surface area (Å²) < 4.78 is 0. The lowest BCUT2D eigenvalue weighted by atomic mass is 10.2. The summed E-state index contributed by atoms with van der Waals surface area (Å²) in [6.45, 7) is 3.66. The minimum absolute atomic E-state index is 0.110. The van der Waals surface area contributed by atoms with Gasteiger partial charge in [0.2, 0.25) is 0 Å². The molecule has 1 saturated carbocycles. The Morgan fingerprint density at radius 1 is 1.69 bits per heavy atom. The summed E-state index contributed by atoms with van der Waals surface area (Å²) in [5.41, 5.74) is 0. The van der Waals surface area contributed by atoms with Crippen LogP contribution < -0.4 is 0 Å². The zero-order chi connectivity index (χ0) is 9.68. The van der Waals surface area contributed by atoms with Gasteiger partial charge in [-0.25, -0.2) is 0 Å². The van der Waals surface area contributed by atoms with E-state index in [0.29, 0.717) is 12.2 Å². The molecular weight excluding hydrogens is 164 g/mol. The Kier molecular flexibility index (Phi) is 3.91. The third-order valence-electron chi connectivity index (χ3n) is 2.63. The lowest BCUT2D eigenvalue weighted by Gasteiger charge is -2.24. The molecule has 0 radical (unpaired) electrons. The SMILES string of the molecule is CCN(CCC#N)C1CCCC1=O. The lowest BCUT2D eigenvalue weighted by molar-refractivity contribution is -0.121. The van der Waals surface area contributed by atoms with Gasteiger partial charge in [-0.15, -0.1) is 0 Å². The molecule has 0 aliphatic heterocycles. The summed E-state index contributed by atoms with van der Waals surface area (Å²) in [7, 11) is 0. The van der Waals surface area contributed by atoms with Crippen molar-refractivity contribution < 1.29 is 4.79 Å². The van der Waals surface area contributed by atoms with Gasteiger partial charge in [0.15, 0.2) is 0 Å². The minimum atomic E-state index is 0.110. The van der Waals surface area contributed by atoms with Gasteiger partial charge in [-0.3, -0.25) is 9.69 Å². The monoisotopic (exact) mass is 180 g/mol. The molecule has 0 bridgehead atoms. The first-order valence-electron chi connectivity index (χ1n) is 4.93. The first-order valence-corrected chi connectivity index (χ1v) is 4.93. The van der Waals surface area contributed by atoms with Crippen LogP contribution in [0.4, 0.5) is 0 Å². The highest BCUT2D eigenvalue weighted by Crippen LogP contribution is 2.20. The largest absolute Gasteiger partial charge is 0.298 e. The Hall–Kier alpha value is -0.880. The molecule has 3 nitrogen and oxygen atoms in total. The number of nitriles is 1. The van der Waals surface area contributed by atoms with Gasteiger partial charge in [0.05, 0.1) is 12.1 Å². The third-order valence-corrected chi connectivity index (χ3v) is 2.63. The summed E-state index contributed by atoms with van der Waals surface area (Å²) in [5.74, 6) is 0.361. The molecule has 72 valence electrons. The van der Waals surface area contributed by atoms with Crippen LogP contribution in [0.3, 0.4) is 0 Å². The summed E-state index contributed by atoms with van der Waals surface area (Å²) in [4.78, 5) is 13.5. The topological polar surface area (TPSA) is 44.1 Å². The number of ketones is 1. The molecule has 0 spiro atoms. The van der Waals surface area contributed by atoms with E-state index in [2.05, 4.69) is 11.0 Å². The molecule has 0 N–H and O–H groups in total. The molecule has 0 aromatic rings. The number of carbonyl (C=O) groups excluding carboxylic acids is 1.